The Morgan fingerprint density at radius 2 is 2.23 bits per heavy atom. The first-order valence-electron chi connectivity index (χ1n) is 4.16. The van der Waals surface area contributed by atoms with E-state index in [1.807, 2.05) is 19.9 Å². The lowest BCUT2D eigenvalue weighted by Gasteiger charge is -2.20. The monoisotopic (exact) mass is 244 g/mol. The quantitative estimate of drug-likeness (QED) is 0.817. The molecule has 0 aromatic carbocycles. The Balaban J connectivity index is 2.93. The number of carbonyl (C=O) groups excluding carboxylic acids is 1. The van der Waals surface area contributed by atoms with Crippen LogP contribution < -0.4 is 0 Å². The third-order valence-corrected chi connectivity index (χ3v) is 2.55. The van der Waals surface area contributed by atoms with Gasteiger partial charge in [-0.05, 0) is 28.9 Å². The van der Waals surface area contributed by atoms with E-state index < -0.39 is 0 Å². The fourth-order valence-electron chi connectivity index (χ4n) is 1.48. The van der Waals surface area contributed by atoms with Gasteiger partial charge in [0.2, 0.25) is 0 Å². The zero-order valence-corrected chi connectivity index (χ0v) is 9.64. The van der Waals surface area contributed by atoms with E-state index >= 15 is 0 Å². The van der Waals surface area contributed by atoms with Crippen LogP contribution in [0.1, 0.15) is 33.0 Å². The number of carbonyl (C=O) groups is 1. The molecular formula is C10H13BrO2. The van der Waals surface area contributed by atoms with Crippen molar-refractivity contribution in [2.75, 3.05) is 0 Å². The third-order valence-electron chi connectivity index (χ3n) is 1.92. The maximum absolute atomic E-state index is 11.0. The largest absolute Gasteiger partial charge is 0.468 e. The molecule has 0 radical (unpaired) electrons. The van der Waals surface area contributed by atoms with Crippen molar-refractivity contribution in [3.63, 3.8) is 0 Å². The Hall–Kier alpha value is -0.570. The lowest BCUT2D eigenvalue weighted by atomic mass is 9.85. The number of furan rings is 1. The number of hydrogen-bond donors (Lipinski definition) is 0. The highest BCUT2D eigenvalue weighted by Crippen LogP contribution is 2.33. The van der Waals surface area contributed by atoms with Crippen LogP contribution in [-0.2, 0) is 10.2 Å². The van der Waals surface area contributed by atoms with E-state index in [9.17, 15) is 4.79 Å². The molecule has 1 aromatic rings. The van der Waals surface area contributed by atoms with E-state index in [4.69, 9.17) is 4.42 Å². The number of rotatable bonds is 3. The summed E-state index contributed by atoms with van der Waals surface area (Å²) in [7, 11) is 0. The van der Waals surface area contributed by atoms with Gasteiger partial charge in [0.1, 0.15) is 11.5 Å². The summed E-state index contributed by atoms with van der Waals surface area (Å²) in [5.41, 5.74) is -0.228. The Kier molecular flexibility index (Phi) is 2.96. The molecule has 0 N–H and O–H groups in total. The molecule has 1 rings (SSSR count). The zero-order chi connectivity index (χ0) is 10.1. The minimum absolute atomic E-state index is 0.174. The Bertz CT molecular complexity index is 312. The molecule has 2 nitrogen and oxygen atoms in total. The number of Topliss-reactive ketones (excluding diaryl/α,β-unsaturated/α-hetero) is 1. The van der Waals surface area contributed by atoms with Crippen LogP contribution >= 0.6 is 15.9 Å². The highest BCUT2D eigenvalue weighted by molar-refractivity contribution is 9.10. The van der Waals surface area contributed by atoms with Crippen molar-refractivity contribution >= 4 is 21.7 Å². The van der Waals surface area contributed by atoms with Crippen LogP contribution in [0.15, 0.2) is 21.2 Å². The summed E-state index contributed by atoms with van der Waals surface area (Å²) in [6, 6.07) is 1.84. The molecular weight excluding hydrogens is 232 g/mol. The molecule has 13 heavy (non-hydrogen) atoms. The van der Waals surface area contributed by atoms with E-state index in [-0.39, 0.29) is 11.2 Å². The van der Waals surface area contributed by atoms with Crippen molar-refractivity contribution in [2.24, 2.45) is 0 Å². The number of hydrogen-bond acceptors (Lipinski definition) is 2. The third kappa shape index (κ3) is 2.44. The predicted octanol–water partition coefficient (Wildman–Crippen LogP) is 3.30. The van der Waals surface area contributed by atoms with Gasteiger partial charge >= 0.3 is 0 Å². The second-order valence-corrected chi connectivity index (χ2v) is 4.71. The highest BCUT2D eigenvalue weighted by Gasteiger charge is 2.27. The summed E-state index contributed by atoms with van der Waals surface area (Å²) in [6.07, 6.45) is 2.13. The standard InChI is InChI=1S/C10H13BrO2/c1-7(12)6-10(2,3)9-8(11)4-5-13-9/h4-5H,6H2,1-3H3. The molecule has 0 bridgehead atoms. The maximum Gasteiger partial charge on any atom is 0.130 e. The molecule has 0 unspecified atom stereocenters. The lowest BCUT2D eigenvalue weighted by molar-refractivity contribution is -0.118. The first-order chi connectivity index (χ1) is 5.93. The molecule has 0 aliphatic heterocycles. The highest BCUT2D eigenvalue weighted by atomic mass is 79.9. The molecule has 0 aliphatic rings. The van der Waals surface area contributed by atoms with Gasteiger partial charge in [-0.3, -0.25) is 4.79 Å². The topological polar surface area (TPSA) is 30.2 Å². The van der Waals surface area contributed by atoms with Crippen LogP contribution in [0.5, 0.6) is 0 Å². The van der Waals surface area contributed by atoms with Crippen molar-refractivity contribution in [1.82, 2.24) is 0 Å². The van der Waals surface area contributed by atoms with Gasteiger partial charge in [-0.2, -0.15) is 0 Å². The van der Waals surface area contributed by atoms with Crippen LogP contribution in [0.25, 0.3) is 0 Å². The second kappa shape index (κ2) is 3.66. The lowest BCUT2D eigenvalue weighted by Crippen LogP contribution is -2.20. The van der Waals surface area contributed by atoms with E-state index in [1.165, 1.54) is 0 Å². The molecule has 72 valence electrons. The summed E-state index contributed by atoms with van der Waals surface area (Å²) < 4.78 is 6.26. The summed E-state index contributed by atoms with van der Waals surface area (Å²) in [5.74, 6) is 1.01. The fraction of sp³-hybridized carbons (Fsp3) is 0.500. The average Bonchev–Trinajstić information content (AvgIpc) is 2.32. The average molecular weight is 245 g/mol. The number of ketones is 1. The Morgan fingerprint density at radius 3 is 2.62 bits per heavy atom. The smallest absolute Gasteiger partial charge is 0.130 e. The van der Waals surface area contributed by atoms with Crippen molar-refractivity contribution < 1.29 is 9.21 Å². The van der Waals surface area contributed by atoms with Crippen LogP contribution in [0.3, 0.4) is 0 Å². The molecule has 0 spiro atoms. The summed E-state index contributed by atoms with van der Waals surface area (Å²) in [6.45, 7) is 5.59. The van der Waals surface area contributed by atoms with Crippen molar-refractivity contribution in [3.8, 4) is 0 Å². The van der Waals surface area contributed by atoms with E-state index in [0.717, 1.165) is 10.2 Å². The molecule has 0 saturated carbocycles. The van der Waals surface area contributed by atoms with Gasteiger partial charge in [0.25, 0.3) is 0 Å². The van der Waals surface area contributed by atoms with Gasteiger partial charge in [0.15, 0.2) is 0 Å². The summed E-state index contributed by atoms with van der Waals surface area (Å²) in [4.78, 5) is 11.0. The Morgan fingerprint density at radius 1 is 1.62 bits per heavy atom. The fourth-order valence-corrected chi connectivity index (χ4v) is 2.22. The van der Waals surface area contributed by atoms with E-state index in [1.54, 1.807) is 13.2 Å². The molecule has 3 heteroatoms. The molecule has 0 amide bonds. The van der Waals surface area contributed by atoms with Gasteiger partial charge in [0.05, 0.1) is 10.7 Å². The molecule has 0 saturated heterocycles. The zero-order valence-electron chi connectivity index (χ0n) is 8.06. The van der Waals surface area contributed by atoms with Crippen LogP contribution in [0.4, 0.5) is 0 Å². The minimum Gasteiger partial charge on any atom is -0.468 e. The molecule has 0 fully saturated rings. The van der Waals surface area contributed by atoms with Gasteiger partial charge in [-0.25, -0.2) is 0 Å². The summed E-state index contributed by atoms with van der Waals surface area (Å²) >= 11 is 3.39. The number of halogens is 1. The van der Waals surface area contributed by atoms with Gasteiger partial charge < -0.3 is 4.42 Å². The summed E-state index contributed by atoms with van der Waals surface area (Å²) in [5, 5.41) is 0. The first-order valence-corrected chi connectivity index (χ1v) is 4.96. The Labute approximate surface area is 86.4 Å². The van der Waals surface area contributed by atoms with E-state index in [0.29, 0.717) is 6.42 Å². The predicted molar refractivity (Wildman–Crippen MR) is 54.7 cm³/mol. The molecule has 0 atom stereocenters. The van der Waals surface area contributed by atoms with Crippen molar-refractivity contribution in [3.05, 3.63) is 22.6 Å². The van der Waals surface area contributed by atoms with Gasteiger partial charge in [-0.1, -0.05) is 13.8 Å². The normalized spacial score (nSPS) is 11.7. The molecule has 1 aromatic heterocycles. The van der Waals surface area contributed by atoms with Crippen LogP contribution in [-0.4, -0.2) is 5.78 Å². The SMILES string of the molecule is CC(=O)CC(C)(C)c1occc1Br. The minimum atomic E-state index is -0.228. The molecule has 0 aliphatic carbocycles. The van der Waals surface area contributed by atoms with E-state index in [2.05, 4.69) is 15.9 Å². The van der Waals surface area contributed by atoms with Crippen molar-refractivity contribution in [1.29, 1.82) is 0 Å². The maximum atomic E-state index is 11.0. The molecule has 1 heterocycles. The van der Waals surface area contributed by atoms with Gasteiger partial charge in [-0.15, -0.1) is 0 Å². The van der Waals surface area contributed by atoms with Crippen molar-refractivity contribution in [2.45, 2.75) is 32.6 Å². The van der Waals surface area contributed by atoms with Crippen LogP contribution in [0, 0.1) is 0 Å². The first kappa shape index (κ1) is 10.5. The van der Waals surface area contributed by atoms with Crippen LogP contribution in [0.2, 0.25) is 0 Å². The second-order valence-electron chi connectivity index (χ2n) is 3.86. The van der Waals surface area contributed by atoms with Gasteiger partial charge in [0, 0.05) is 11.8 Å².